The summed E-state index contributed by atoms with van der Waals surface area (Å²) in [6, 6.07) is 16.5. The van der Waals surface area contributed by atoms with Crippen molar-refractivity contribution >= 4 is 0 Å². The van der Waals surface area contributed by atoms with E-state index in [0.717, 1.165) is 42.9 Å². The van der Waals surface area contributed by atoms with E-state index in [0.29, 0.717) is 6.61 Å². The first kappa shape index (κ1) is 14.0. The minimum absolute atomic E-state index is 0.0000718. The van der Waals surface area contributed by atoms with Crippen LogP contribution in [0, 0.1) is 0 Å². The zero-order chi connectivity index (χ0) is 14.5. The molecule has 0 radical (unpaired) electrons. The van der Waals surface area contributed by atoms with E-state index in [4.69, 9.17) is 15.2 Å². The van der Waals surface area contributed by atoms with Gasteiger partial charge in [-0.1, -0.05) is 30.3 Å². The van der Waals surface area contributed by atoms with Crippen LogP contribution >= 0.6 is 0 Å². The van der Waals surface area contributed by atoms with Gasteiger partial charge in [-0.15, -0.1) is 0 Å². The number of benzene rings is 2. The number of ether oxygens (including phenoxy) is 2. The summed E-state index contributed by atoms with van der Waals surface area (Å²) in [7, 11) is 0. The summed E-state index contributed by atoms with van der Waals surface area (Å²) in [6.07, 6.45) is 3.29. The van der Waals surface area contributed by atoms with Crippen LogP contribution < -0.4 is 15.2 Å². The van der Waals surface area contributed by atoms with E-state index >= 15 is 0 Å². The molecule has 110 valence electrons. The Kier molecular flexibility index (Phi) is 4.41. The summed E-state index contributed by atoms with van der Waals surface area (Å²) in [5, 5.41) is 0. The van der Waals surface area contributed by atoms with Crippen LogP contribution in [0.1, 0.15) is 30.0 Å². The highest BCUT2D eigenvalue weighted by Crippen LogP contribution is 2.33. The summed E-state index contributed by atoms with van der Waals surface area (Å²) in [4.78, 5) is 0. The van der Waals surface area contributed by atoms with Crippen molar-refractivity contribution in [2.75, 3.05) is 13.2 Å². The third-order valence-electron chi connectivity index (χ3n) is 3.77. The van der Waals surface area contributed by atoms with Gasteiger partial charge in [-0.05, 0) is 37.0 Å². The Morgan fingerprint density at radius 3 is 2.81 bits per heavy atom. The predicted octanol–water partition coefficient (Wildman–Crippen LogP) is 3.48. The van der Waals surface area contributed by atoms with E-state index in [2.05, 4.69) is 30.3 Å². The third-order valence-corrected chi connectivity index (χ3v) is 3.77. The Morgan fingerprint density at radius 2 is 1.95 bits per heavy atom. The molecular weight excluding hydrogens is 262 g/mol. The molecule has 3 rings (SSSR count). The van der Waals surface area contributed by atoms with E-state index in [1.165, 1.54) is 5.56 Å². The molecule has 0 fully saturated rings. The van der Waals surface area contributed by atoms with Gasteiger partial charge < -0.3 is 15.2 Å². The molecule has 1 aliphatic rings. The Labute approximate surface area is 125 Å². The lowest BCUT2D eigenvalue weighted by Gasteiger charge is -2.08. The molecule has 0 bridgehead atoms. The van der Waals surface area contributed by atoms with Crippen LogP contribution in [0.5, 0.6) is 11.5 Å². The molecule has 3 heteroatoms. The maximum Gasteiger partial charge on any atom is 0.127 e. The van der Waals surface area contributed by atoms with Crippen molar-refractivity contribution in [2.45, 2.75) is 25.3 Å². The number of hydrogen-bond acceptors (Lipinski definition) is 3. The van der Waals surface area contributed by atoms with Gasteiger partial charge in [0.1, 0.15) is 18.1 Å². The number of fused-ring (bicyclic) bond motifs is 1. The molecule has 0 saturated heterocycles. The molecule has 1 heterocycles. The van der Waals surface area contributed by atoms with Gasteiger partial charge >= 0.3 is 0 Å². The molecule has 3 nitrogen and oxygen atoms in total. The third kappa shape index (κ3) is 3.56. The van der Waals surface area contributed by atoms with E-state index in [1.54, 1.807) is 0 Å². The van der Waals surface area contributed by atoms with Gasteiger partial charge in [-0.25, -0.2) is 0 Å². The van der Waals surface area contributed by atoms with E-state index in [9.17, 15) is 0 Å². The van der Waals surface area contributed by atoms with Crippen molar-refractivity contribution in [3.63, 3.8) is 0 Å². The van der Waals surface area contributed by atoms with Crippen molar-refractivity contribution in [1.29, 1.82) is 0 Å². The van der Waals surface area contributed by atoms with Gasteiger partial charge in [-0.3, -0.25) is 0 Å². The van der Waals surface area contributed by atoms with Crippen molar-refractivity contribution in [1.82, 2.24) is 0 Å². The number of hydrogen-bond donors (Lipinski definition) is 1. The van der Waals surface area contributed by atoms with E-state index in [-0.39, 0.29) is 6.04 Å². The van der Waals surface area contributed by atoms with Crippen molar-refractivity contribution in [3.05, 3.63) is 59.7 Å². The second kappa shape index (κ2) is 6.64. The smallest absolute Gasteiger partial charge is 0.127 e. The molecule has 1 atom stereocenters. The quantitative estimate of drug-likeness (QED) is 0.825. The first-order valence-electron chi connectivity index (χ1n) is 7.52. The molecule has 1 unspecified atom stereocenters. The average Bonchev–Trinajstić information content (AvgIpc) is 2.89. The maximum absolute atomic E-state index is 5.93. The standard InChI is InChI=1S/C18H21NO2/c19-17-13-21-18-12-15(9-10-16(17)18)20-11-5-4-8-14-6-2-1-3-7-14/h1-3,6-7,9-10,12,17H,4-5,8,11,13,19H2. The van der Waals surface area contributed by atoms with E-state index in [1.807, 2.05) is 18.2 Å². The Hall–Kier alpha value is -2.00. The highest BCUT2D eigenvalue weighted by molar-refractivity contribution is 5.44. The molecule has 1 aliphatic heterocycles. The van der Waals surface area contributed by atoms with Gasteiger partial charge in [0.15, 0.2) is 0 Å². The molecule has 0 aromatic heterocycles. The van der Waals surface area contributed by atoms with Crippen LogP contribution in [0.3, 0.4) is 0 Å². The lowest BCUT2D eigenvalue weighted by Crippen LogP contribution is -2.10. The van der Waals surface area contributed by atoms with Gasteiger partial charge in [0.05, 0.1) is 12.6 Å². The van der Waals surface area contributed by atoms with Crippen LogP contribution in [0.4, 0.5) is 0 Å². The second-order valence-electron chi connectivity index (χ2n) is 5.41. The fraction of sp³-hybridized carbons (Fsp3) is 0.333. The molecular formula is C18H21NO2. The van der Waals surface area contributed by atoms with Crippen LogP contribution in [-0.4, -0.2) is 13.2 Å². The SMILES string of the molecule is NC1COc2cc(OCCCCc3ccccc3)ccc21. The van der Waals surface area contributed by atoms with Gasteiger partial charge in [0, 0.05) is 11.6 Å². The molecule has 0 aliphatic carbocycles. The monoisotopic (exact) mass is 283 g/mol. The molecule has 0 amide bonds. The maximum atomic E-state index is 5.93. The van der Waals surface area contributed by atoms with Gasteiger partial charge in [0.2, 0.25) is 0 Å². The number of rotatable bonds is 6. The highest BCUT2D eigenvalue weighted by Gasteiger charge is 2.20. The van der Waals surface area contributed by atoms with Gasteiger partial charge in [0.25, 0.3) is 0 Å². The summed E-state index contributed by atoms with van der Waals surface area (Å²) >= 11 is 0. The van der Waals surface area contributed by atoms with Crippen LogP contribution in [0.25, 0.3) is 0 Å². The topological polar surface area (TPSA) is 44.5 Å². The fourth-order valence-corrected chi connectivity index (χ4v) is 2.57. The largest absolute Gasteiger partial charge is 0.493 e. The lowest BCUT2D eigenvalue weighted by molar-refractivity contribution is 0.302. The zero-order valence-electron chi connectivity index (χ0n) is 12.1. The zero-order valence-corrected chi connectivity index (χ0v) is 12.1. The molecule has 2 aromatic carbocycles. The average molecular weight is 283 g/mol. The summed E-state index contributed by atoms with van der Waals surface area (Å²) in [6.45, 7) is 1.30. The Bertz CT molecular complexity index is 583. The second-order valence-corrected chi connectivity index (χ2v) is 5.41. The Balaban J connectivity index is 1.42. The number of nitrogens with two attached hydrogens (primary N) is 1. The Morgan fingerprint density at radius 1 is 1.10 bits per heavy atom. The molecule has 0 saturated carbocycles. The molecule has 2 aromatic rings. The first-order chi connectivity index (χ1) is 10.3. The normalized spacial score (nSPS) is 16.3. The minimum Gasteiger partial charge on any atom is -0.493 e. The van der Waals surface area contributed by atoms with Crippen LogP contribution in [0.2, 0.25) is 0 Å². The van der Waals surface area contributed by atoms with Crippen LogP contribution in [-0.2, 0) is 6.42 Å². The van der Waals surface area contributed by atoms with Crippen molar-refractivity contribution < 1.29 is 9.47 Å². The highest BCUT2D eigenvalue weighted by atomic mass is 16.5. The fourth-order valence-electron chi connectivity index (χ4n) is 2.57. The number of aryl methyl sites for hydroxylation is 1. The predicted molar refractivity (Wildman–Crippen MR) is 83.7 cm³/mol. The summed E-state index contributed by atoms with van der Waals surface area (Å²) in [5.41, 5.74) is 8.39. The first-order valence-corrected chi connectivity index (χ1v) is 7.52. The van der Waals surface area contributed by atoms with E-state index < -0.39 is 0 Å². The summed E-state index contributed by atoms with van der Waals surface area (Å²) < 4.78 is 11.3. The summed E-state index contributed by atoms with van der Waals surface area (Å²) in [5.74, 6) is 1.73. The van der Waals surface area contributed by atoms with Crippen molar-refractivity contribution in [2.24, 2.45) is 5.73 Å². The minimum atomic E-state index is -0.0000718. The molecule has 21 heavy (non-hydrogen) atoms. The van der Waals surface area contributed by atoms with Crippen molar-refractivity contribution in [3.8, 4) is 11.5 Å². The molecule has 2 N–H and O–H groups in total. The molecule has 0 spiro atoms. The number of unbranched alkanes of at least 4 members (excludes halogenated alkanes) is 1. The van der Waals surface area contributed by atoms with Crippen LogP contribution in [0.15, 0.2) is 48.5 Å². The van der Waals surface area contributed by atoms with Gasteiger partial charge in [-0.2, -0.15) is 0 Å². The lowest BCUT2D eigenvalue weighted by atomic mass is 10.1.